The summed E-state index contributed by atoms with van der Waals surface area (Å²) in [5.74, 6) is 1.45. The van der Waals surface area contributed by atoms with Crippen molar-refractivity contribution in [2.75, 3.05) is 26.9 Å². The largest absolute Gasteiger partial charge is 0.496 e. The molecule has 108 valence electrons. The summed E-state index contributed by atoms with van der Waals surface area (Å²) in [7, 11) is 1.62. The molecule has 0 radical (unpaired) electrons. The molecule has 0 aliphatic heterocycles. The second-order valence-electron chi connectivity index (χ2n) is 3.57. The van der Waals surface area contributed by atoms with Crippen molar-refractivity contribution in [2.45, 2.75) is 20.1 Å². The minimum Gasteiger partial charge on any atom is -0.496 e. The summed E-state index contributed by atoms with van der Waals surface area (Å²) < 4.78 is 23.4. The van der Waals surface area contributed by atoms with Gasteiger partial charge in [-0.05, 0) is 57.8 Å². The fraction of sp³-hybridized carbons (Fsp3) is 0.538. The Morgan fingerprint density at radius 2 is 1.53 bits per heavy atom. The van der Waals surface area contributed by atoms with E-state index in [9.17, 15) is 0 Å². The van der Waals surface area contributed by atoms with Crippen molar-refractivity contribution in [3.05, 3.63) is 21.1 Å². The highest BCUT2D eigenvalue weighted by atomic mass is 79.9. The quantitative estimate of drug-likeness (QED) is 0.621. The minimum absolute atomic E-state index is 0.332. The third-order valence-corrected chi connectivity index (χ3v) is 3.53. The van der Waals surface area contributed by atoms with Gasteiger partial charge in [0, 0.05) is 13.2 Å². The van der Waals surface area contributed by atoms with E-state index < -0.39 is 0 Å². The molecule has 0 bridgehead atoms. The third-order valence-electron chi connectivity index (χ3n) is 2.29. The molecule has 6 heteroatoms. The fourth-order valence-corrected chi connectivity index (χ4v) is 2.37. The van der Waals surface area contributed by atoms with Gasteiger partial charge in [-0.2, -0.15) is 0 Å². The molecule has 0 amide bonds. The number of hydrogen-bond donors (Lipinski definition) is 0. The van der Waals surface area contributed by atoms with Gasteiger partial charge in [-0.3, -0.25) is 0 Å². The molecule has 0 saturated heterocycles. The molecule has 0 fully saturated rings. The SMILES string of the molecule is CCOC(COc1cc(Br)c(OC)cc1Br)OCC. The van der Waals surface area contributed by atoms with Gasteiger partial charge in [0.25, 0.3) is 0 Å². The van der Waals surface area contributed by atoms with Crippen LogP contribution in [0.25, 0.3) is 0 Å². The summed E-state index contributed by atoms with van der Waals surface area (Å²) in [6.07, 6.45) is -0.359. The summed E-state index contributed by atoms with van der Waals surface area (Å²) in [4.78, 5) is 0. The first kappa shape index (κ1) is 16.8. The van der Waals surface area contributed by atoms with Crippen molar-refractivity contribution in [1.82, 2.24) is 0 Å². The number of ether oxygens (including phenoxy) is 4. The third kappa shape index (κ3) is 5.30. The maximum Gasteiger partial charge on any atom is 0.191 e. The highest BCUT2D eigenvalue weighted by Gasteiger charge is 2.12. The number of rotatable bonds is 8. The van der Waals surface area contributed by atoms with Crippen molar-refractivity contribution in [3.8, 4) is 11.5 Å². The van der Waals surface area contributed by atoms with E-state index in [1.165, 1.54) is 0 Å². The molecule has 1 aromatic rings. The number of methoxy groups -OCH3 is 1. The van der Waals surface area contributed by atoms with E-state index in [1.807, 2.05) is 26.0 Å². The van der Waals surface area contributed by atoms with Crippen molar-refractivity contribution >= 4 is 31.9 Å². The first-order valence-corrected chi connectivity index (χ1v) is 7.60. The van der Waals surface area contributed by atoms with E-state index >= 15 is 0 Å². The monoisotopic (exact) mass is 396 g/mol. The minimum atomic E-state index is -0.359. The molecule has 4 nitrogen and oxygen atoms in total. The maximum absolute atomic E-state index is 5.70. The van der Waals surface area contributed by atoms with Crippen LogP contribution in [0.1, 0.15) is 13.8 Å². The first-order chi connectivity index (χ1) is 9.12. The normalized spacial score (nSPS) is 10.8. The van der Waals surface area contributed by atoms with Crippen LogP contribution in [0.15, 0.2) is 21.1 Å². The average molecular weight is 398 g/mol. The average Bonchev–Trinajstić information content (AvgIpc) is 2.39. The van der Waals surface area contributed by atoms with Gasteiger partial charge in [0.1, 0.15) is 18.1 Å². The molecule has 1 rings (SSSR count). The van der Waals surface area contributed by atoms with E-state index in [1.54, 1.807) is 7.11 Å². The Morgan fingerprint density at radius 3 is 2.05 bits per heavy atom. The van der Waals surface area contributed by atoms with Gasteiger partial charge in [-0.1, -0.05) is 0 Å². The number of hydrogen-bond acceptors (Lipinski definition) is 4. The van der Waals surface area contributed by atoms with Crippen LogP contribution in [0.2, 0.25) is 0 Å². The summed E-state index contributed by atoms with van der Waals surface area (Å²) in [6, 6.07) is 3.69. The van der Waals surface area contributed by atoms with Crippen LogP contribution in [-0.4, -0.2) is 33.2 Å². The van der Waals surface area contributed by atoms with Crippen molar-refractivity contribution < 1.29 is 18.9 Å². The second-order valence-corrected chi connectivity index (χ2v) is 5.28. The lowest BCUT2D eigenvalue weighted by Gasteiger charge is -2.18. The molecule has 0 saturated carbocycles. The number of benzene rings is 1. The van der Waals surface area contributed by atoms with Crippen LogP contribution in [0, 0.1) is 0 Å². The molecule has 0 aliphatic rings. The zero-order valence-electron chi connectivity index (χ0n) is 11.2. The Labute approximate surface area is 130 Å². The smallest absolute Gasteiger partial charge is 0.191 e. The lowest BCUT2D eigenvalue weighted by molar-refractivity contribution is -0.152. The molecule has 0 N–H and O–H groups in total. The Morgan fingerprint density at radius 1 is 1.00 bits per heavy atom. The lowest BCUT2D eigenvalue weighted by Crippen LogP contribution is -2.25. The van der Waals surface area contributed by atoms with Gasteiger partial charge in [-0.15, -0.1) is 0 Å². The molecular formula is C13H18Br2O4. The van der Waals surface area contributed by atoms with Gasteiger partial charge < -0.3 is 18.9 Å². The van der Waals surface area contributed by atoms with Gasteiger partial charge in [-0.25, -0.2) is 0 Å². The zero-order chi connectivity index (χ0) is 14.3. The van der Waals surface area contributed by atoms with E-state index in [0.29, 0.717) is 25.6 Å². The van der Waals surface area contributed by atoms with Crippen LogP contribution in [0.4, 0.5) is 0 Å². The summed E-state index contributed by atoms with van der Waals surface area (Å²) in [5, 5.41) is 0. The van der Waals surface area contributed by atoms with E-state index in [-0.39, 0.29) is 6.29 Å². The highest BCUT2D eigenvalue weighted by molar-refractivity contribution is 9.11. The Balaban J connectivity index is 2.68. The Hall–Kier alpha value is -0.300. The van der Waals surface area contributed by atoms with Gasteiger partial charge in [0.05, 0.1) is 16.1 Å². The molecule has 0 aliphatic carbocycles. The van der Waals surface area contributed by atoms with Crippen molar-refractivity contribution in [3.63, 3.8) is 0 Å². The molecule has 0 aromatic heterocycles. The Kier molecular flexibility index (Phi) is 7.75. The van der Waals surface area contributed by atoms with Gasteiger partial charge in [0.2, 0.25) is 0 Å². The van der Waals surface area contributed by atoms with Crippen LogP contribution in [0.3, 0.4) is 0 Å². The molecule has 19 heavy (non-hydrogen) atoms. The van der Waals surface area contributed by atoms with Crippen LogP contribution in [-0.2, 0) is 9.47 Å². The predicted octanol–water partition coefficient (Wildman–Crippen LogP) is 4.00. The Bertz CT molecular complexity index is 392. The molecule has 0 unspecified atom stereocenters. The predicted molar refractivity (Wildman–Crippen MR) is 80.9 cm³/mol. The fourth-order valence-electron chi connectivity index (χ4n) is 1.45. The van der Waals surface area contributed by atoms with E-state index in [2.05, 4.69) is 31.9 Å². The van der Waals surface area contributed by atoms with E-state index in [4.69, 9.17) is 18.9 Å². The standard InChI is InChI=1S/C13H18Br2O4/c1-4-17-13(18-5-2)8-19-12-7-9(14)11(16-3)6-10(12)15/h6-7,13H,4-5,8H2,1-3H3. The van der Waals surface area contributed by atoms with Crippen LogP contribution in [0.5, 0.6) is 11.5 Å². The van der Waals surface area contributed by atoms with Gasteiger partial charge in [0.15, 0.2) is 6.29 Å². The molecule has 0 atom stereocenters. The lowest BCUT2D eigenvalue weighted by atomic mass is 10.3. The molecule has 1 aromatic carbocycles. The summed E-state index contributed by atoms with van der Waals surface area (Å²) >= 11 is 6.86. The number of halogens is 2. The maximum atomic E-state index is 5.70. The second kappa shape index (κ2) is 8.79. The van der Waals surface area contributed by atoms with Crippen LogP contribution >= 0.6 is 31.9 Å². The molecule has 0 heterocycles. The van der Waals surface area contributed by atoms with Gasteiger partial charge >= 0.3 is 0 Å². The highest BCUT2D eigenvalue weighted by Crippen LogP contribution is 2.36. The summed E-state index contributed by atoms with van der Waals surface area (Å²) in [5.41, 5.74) is 0. The zero-order valence-corrected chi connectivity index (χ0v) is 14.4. The topological polar surface area (TPSA) is 36.9 Å². The van der Waals surface area contributed by atoms with Crippen molar-refractivity contribution in [1.29, 1.82) is 0 Å². The summed E-state index contributed by atoms with van der Waals surface area (Å²) in [6.45, 7) is 5.35. The first-order valence-electron chi connectivity index (χ1n) is 6.01. The molecule has 0 spiro atoms. The van der Waals surface area contributed by atoms with E-state index in [0.717, 1.165) is 14.7 Å². The van der Waals surface area contributed by atoms with Crippen LogP contribution < -0.4 is 9.47 Å². The molecular weight excluding hydrogens is 380 g/mol. The van der Waals surface area contributed by atoms with Crippen molar-refractivity contribution in [2.24, 2.45) is 0 Å².